The lowest BCUT2D eigenvalue weighted by Crippen LogP contribution is -2.30. The third-order valence-corrected chi connectivity index (χ3v) is 13.1. The van der Waals surface area contributed by atoms with Gasteiger partial charge in [-0.25, -0.2) is 0 Å². The molecule has 0 aliphatic carbocycles. The summed E-state index contributed by atoms with van der Waals surface area (Å²) in [5.74, 6) is -0.971. The van der Waals surface area contributed by atoms with Crippen molar-refractivity contribution in [3.63, 3.8) is 0 Å². The molecule has 1 unspecified atom stereocenters. The average molecular weight is 1130 g/mol. The molecule has 0 N–H and O–H groups in total. The van der Waals surface area contributed by atoms with Crippen LogP contribution in [0.5, 0.6) is 0 Å². The van der Waals surface area contributed by atoms with E-state index in [4.69, 9.17) is 14.2 Å². The number of esters is 3. The van der Waals surface area contributed by atoms with E-state index >= 15 is 0 Å². The van der Waals surface area contributed by atoms with Gasteiger partial charge in [0.1, 0.15) is 13.2 Å². The van der Waals surface area contributed by atoms with Gasteiger partial charge in [0.15, 0.2) is 6.10 Å². The summed E-state index contributed by atoms with van der Waals surface area (Å²) in [7, 11) is 0. The molecule has 0 amide bonds. The van der Waals surface area contributed by atoms with Crippen LogP contribution in [0.3, 0.4) is 0 Å². The van der Waals surface area contributed by atoms with Crippen LogP contribution in [0.4, 0.5) is 0 Å². The zero-order chi connectivity index (χ0) is 59.2. The third-order valence-electron chi connectivity index (χ3n) is 13.1. The van der Waals surface area contributed by atoms with Crippen molar-refractivity contribution in [2.75, 3.05) is 13.2 Å². The van der Waals surface area contributed by atoms with Crippen LogP contribution in [0.2, 0.25) is 0 Å². The number of carbonyl (C=O) groups excluding carboxylic acids is 3. The molecule has 0 bridgehead atoms. The molecule has 6 heteroatoms. The predicted octanol–water partition coefficient (Wildman–Crippen LogP) is 22.8. The predicted molar refractivity (Wildman–Crippen MR) is 357 cm³/mol. The normalized spacial score (nSPS) is 13.4. The number of hydrogen-bond donors (Lipinski definition) is 0. The summed E-state index contributed by atoms with van der Waals surface area (Å²) in [6.45, 7) is 6.29. The lowest BCUT2D eigenvalue weighted by Gasteiger charge is -2.18. The third kappa shape index (κ3) is 65.3. The van der Waals surface area contributed by atoms with Gasteiger partial charge in [0.2, 0.25) is 0 Å². The first kappa shape index (κ1) is 76.5. The highest BCUT2D eigenvalue weighted by Crippen LogP contribution is 2.14. The van der Waals surface area contributed by atoms with Crippen LogP contribution in [0.1, 0.15) is 258 Å². The minimum absolute atomic E-state index is 0.108. The lowest BCUT2D eigenvalue weighted by atomic mass is 10.1. The lowest BCUT2D eigenvalue weighted by molar-refractivity contribution is -0.167. The van der Waals surface area contributed by atoms with E-state index in [-0.39, 0.29) is 37.5 Å². The van der Waals surface area contributed by atoms with Crippen LogP contribution >= 0.6 is 0 Å². The maximum Gasteiger partial charge on any atom is 0.306 e. The van der Waals surface area contributed by atoms with E-state index in [0.29, 0.717) is 19.3 Å². The highest BCUT2D eigenvalue weighted by Gasteiger charge is 2.19. The number of ether oxygens (including phenoxy) is 3. The van der Waals surface area contributed by atoms with Gasteiger partial charge in [0, 0.05) is 19.3 Å². The summed E-state index contributed by atoms with van der Waals surface area (Å²) >= 11 is 0. The van der Waals surface area contributed by atoms with Crippen molar-refractivity contribution in [2.45, 2.75) is 264 Å². The van der Waals surface area contributed by atoms with Crippen molar-refractivity contribution in [2.24, 2.45) is 0 Å². The Morgan fingerprint density at radius 3 is 0.768 bits per heavy atom. The van der Waals surface area contributed by atoms with E-state index in [0.717, 1.165) is 173 Å². The molecular formula is C76H118O6. The summed E-state index contributed by atoms with van der Waals surface area (Å²) in [6.07, 6.45) is 102. The number of rotatable bonds is 57. The average Bonchev–Trinajstić information content (AvgIpc) is 3.48. The van der Waals surface area contributed by atoms with Gasteiger partial charge in [-0.2, -0.15) is 0 Å². The van der Waals surface area contributed by atoms with Crippen LogP contribution < -0.4 is 0 Å². The van der Waals surface area contributed by atoms with Gasteiger partial charge in [-0.1, -0.05) is 267 Å². The fraction of sp³-hybridized carbons (Fsp3) is 0.566. The maximum absolute atomic E-state index is 12.9. The Morgan fingerprint density at radius 2 is 0.476 bits per heavy atom. The van der Waals surface area contributed by atoms with Gasteiger partial charge in [0.05, 0.1) is 0 Å². The highest BCUT2D eigenvalue weighted by atomic mass is 16.6. The zero-order valence-electron chi connectivity index (χ0n) is 52.4. The Hall–Kier alpha value is -5.49. The highest BCUT2D eigenvalue weighted by molar-refractivity contribution is 5.71. The monoisotopic (exact) mass is 1130 g/mol. The van der Waals surface area contributed by atoms with Crippen LogP contribution in [-0.2, 0) is 28.6 Å². The molecule has 0 radical (unpaired) electrons. The first-order valence-corrected chi connectivity index (χ1v) is 32.8. The quantitative estimate of drug-likeness (QED) is 0.0261. The Bertz CT molecular complexity index is 1920. The molecule has 6 nitrogen and oxygen atoms in total. The van der Waals surface area contributed by atoms with Crippen molar-refractivity contribution < 1.29 is 28.6 Å². The molecule has 0 spiro atoms. The van der Waals surface area contributed by atoms with Gasteiger partial charge >= 0.3 is 17.9 Å². The summed E-state index contributed by atoms with van der Waals surface area (Å²) in [4.78, 5) is 38.3. The molecule has 0 aromatic carbocycles. The summed E-state index contributed by atoms with van der Waals surface area (Å²) in [6, 6.07) is 0. The van der Waals surface area contributed by atoms with Crippen molar-refractivity contribution >= 4 is 17.9 Å². The second kappa shape index (κ2) is 68.0. The van der Waals surface area contributed by atoms with E-state index in [1.807, 2.05) is 0 Å². The summed E-state index contributed by atoms with van der Waals surface area (Å²) in [5.41, 5.74) is 0. The second-order valence-electron chi connectivity index (χ2n) is 20.9. The molecule has 0 aliphatic rings. The topological polar surface area (TPSA) is 78.9 Å². The SMILES string of the molecule is CC/C=C\C/C=C\C/C=C\C/C=C\C/C=C\C/C=C\C/C=C\CCCCCCCCCC(=O)OCC(COC(=O)CCCCCCC/C=C\CCC)OC(=O)CCCCC/C=C\C/C=C\C/C=C\C/C=C\C/C=C\C/C=C\C/C=C\CC. The van der Waals surface area contributed by atoms with Gasteiger partial charge in [0.25, 0.3) is 0 Å². The Balaban J connectivity index is 4.39. The Labute approximate surface area is 504 Å². The molecule has 0 fully saturated rings. The van der Waals surface area contributed by atoms with Crippen molar-refractivity contribution in [3.05, 3.63) is 182 Å². The molecule has 0 heterocycles. The van der Waals surface area contributed by atoms with Gasteiger partial charge in [-0.3, -0.25) is 14.4 Å². The summed E-state index contributed by atoms with van der Waals surface area (Å²) in [5, 5.41) is 0. The molecular weight excluding hydrogens is 1010 g/mol. The van der Waals surface area contributed by atoms with Crippen LogP contribution in [0.25, 0.3) is 0 Å². The second-order valence-corrected chi connectivity index (χ2v) is 20.9. The molecule has 0 aromatic rings. The largest absolute Gasteiger partial charge is 0.462 e. The van der Waals surface area contributed by atoms with E-state index in [1.165, 1.54) is 38.5 Å². The molecule has 82 heavy (non-hydrogen) atoms. The fourth-order valence-electron chi connectivity index (χ4n) is 8.29. The molecule has 1 atom stereocenters. The number of carbonyl (C=O) groups is 3. The van der Waals surface area contributed by atoms with E-state index in [9.17, 15) is 14.4 Å². The number of allylic oxidation sites excluding steroid dienone is 30. The molecule has 0 rings (SSSR count). The van der Waals surface area contributed by atoms with E-state index in [1.54, 1.807) is 0 Å². The minimum atomic E-state index is -0.815. The molecule has 0 aliphatic heterocycles. The maximum atomic E-state index is 12.9. The standard InChI is InChI=1S/C76H118O6/c1-4-7-10-13-16-19-22-24-26-28-30-32-34-36-37-38-39-41-42-44-46-48-50-52-54-57-60-63-66-69-75(78)81-72-73(71-80-74(77)68-65-62-59-56-21-18-15-12-9-6-3)82-76(79)70-67-64-61-58-55-53-51-49-47-45-43-40-35-33-31-29-27-25-23-20-17-14-11-8-5-2/h7-8,10-12,15-17,19-20,24-27,30-33,36-37,39-41,43-44,46-47,49,53,55,73H,4-6,9,13-14,18,21-23,28-29,34-35,38,42,45,48,50-52,54,56-72H2,1-3H3/b10-7-,11-8-,15-12-,19-16-,20-17-,26-24-,27-25-,32-30-,33-31-,37-36-,41-39-,43-40-,46-44-,49-47-,55-53-. The minimum Gasteiger partial charge on any atom is -0.462 e. The Morgan fingerprint density at radius 1 is 0.256 bits per heavy atom. The van der Waals surface area contributed by atoms with Gasteiger partial charge < -0.3 is 14.2 Å². The van der Waals surface area contributed by atoms with Gasteiger partial charge in [-0.05, 0) is 154 Å². The molecule has 0 saturated heterocycles. The van der Waals surface area contributed by atoms with Crippen LogP contribution in [0, 0.1) is 0 Å². The smallest absolute Gasteiger partial charge is 0.306 e. The number of unbranched alkanes of at least 4 members (excludes halogenated alkanes) is 16. The summed E-state index contributed by atoms with van der Waals surface area (Å²) < 4.78 is 16.8. The Kier molecular flexibility index (Phi) is 63.5. The fourth-order valence-corrected chi connectivity index (χ4v) is 8.29. The van der Waals surface area contributed by atoms with Crippen molar-refractivity contribution in [1.29, 1.82) is 0 Å². The van der Waals surface area contributed by atoms with E-state index in [2.05, 4.69) is 203 Å². The first-order valence-electron chi connectivity index (χ1n) is 32.8. The van der Waals surface area contributed by atoms with Crippen molar-refractivity contribution in [3.8, 4) is 0 Å². The molecule has 0 aromatic heterocycles. The molecule has 458 valence electrons. The van der Waals surface area contributed by atoms with Crippen LogP contribution in [-0.4, -0.2) is 37.2 Å². The number of hydrogen-bond acceptors (Lipinski definition) is 6. The van der Waals surface area contributed by atoms with Crippen molar-refractivity contribution in [1.82, 2.24) is 0 Å². The van der Waals surface area contributed by atoms with Gasteiger partial charge in [-0.15, -0.1) is 0 Å². The zero-order valence-corrected chi connectivity index (χ0v) is 52.4. The molecule has 0 saturated carbocycles. The first-order chi connectivity index (χ1) is 40.5. The van der Waals surface area contributed by atoms with E-state index < -0.39 is 6.10 Å². The van der Waals surface area contributed by atoms with Crippen LogP contribution in [0.15, 0.2) is 182 Å².